The zero-order valence-corrected chi connectivity index (χ0v) is 13.1. The van der Waals surface area contributed by atoms with E-state index in [1.165, 1.54) is 0 Å². The molecule has 1 atom stereocenters. The molecule has 5 heteroatoms. The van der Waals surface area contributed by atoms with Gasteiger partial charge in [0.2, 0.25) is 5.91 Å². The summed E-state index contributed by atoms with van der Waals surface area (Å²) in [6.07, 6.45) is 0. The first-order valence-corrected chi connectivity index (χ1v) is 7.22. The van der Waals surface area contributed by atoms with Crippen molar-refractivity contribution in [3.05, 3.63) is 28.7 Å². The number of anilines is 1. The number of carbonyl (C=O) groups is 1. The third-order valence-corrected chi connectivity index (χ3v) is 3.94. The fourth-order valence-corrected chi connectivity index (χ4v) is 2.97. The molecule has 0 radical (unpaired) electrons. The second-order valence-electron chi connectivity index (χ2n) is 5.45. The zero-order valence-electron chi connectivity index (χ0n) is 11.5. The van der Waals surface area contributed by atoms with Crippen LogP contribution in [0.15, 0.2) is 28.7 Å². The molecule has 0 spiro atoms. The van der Waals surface area contributed by atoms with Gasteiger partial charge in [0.05, 0.1) is 5.54 Å². The molecule has 0 aliphatic carbocycles. The third kappa shape index (κ3) is 2.92. The van der Waals surface area contributed by atoms with Gasteiger partial charge in [-0.3, -0.25) is 4.79 Å². The maximum atomic E-state index is 12.1. The van der Waals surface area contributed by atoms with Crippen LogP contribution in [0.5, 0.6) is 0 Å². The third-order valence-electron chi connectivity index (χ3n) is 3.45. The Labute approximate surface area is 122 Å². The molecule has 1 fully saturated rings. The van der Waals surface area contributed by atoms with Crippen molar-refractivity contribution in [3.8, 4) is 0 Å². The first-order chi connectivity index (χ1) is 8.95. The lowest BCUT2D eigenvalue weighted by atomic mass is 9.94. The number of likely N-dealkylation sites (N-methyl/N-ethyl adjacent to an activating group) is 1. The molecular formula is C14H20BrN3O. The second kappa shape index (κ2) is 5.51. The van der Waals surface area contributed by atoms with Gasteiger partial charge in [0, 0.05) is 23.2 Å². The van der Waals surface area contributed by atoms with Crippen LogP contribution in [0, 0.1) is 0 Å². The monoisotopic (exact) mass is 325 g/mol. The summed E-state index contributed by atoms with van der Waals surface area (Å²) in [6, 6.07) is 7.91. The van der Waals surface area contributed by atoms with Gasteiger partial charge in [0.1, 0.15) is 6.04 Å². The highest BCUT2D eigenvalue weighted by molar-refractivity contribution is 9.10. The molecule has 1 heterocycles. The number of hydrogen-bond acceptors (Lipinski definition) is 3. The Morgan fingerprint density at radius 3 is 2.89 bits per heavy atom. The summed E-state index contributed by atoms with van der Waals surface area (Å²) in [4.78, 5) is 14.3. The maximum Gasteiger partial charge on any atom is 0.244 e. The van der Waals surface area contributed by atoms with Crippen LogP contribution in [0.3, 0.4) is 0 Å². The number of nitrogens with zero attached hydrogens (tertiary/aromatic N) is 1. The quantitative estimate of drug-likeness (QED) is 0.890. The predicted molar refractivity (Wildman–Crippen MR) is 81.4 cm³/mol. The van der Waals surface area contributed by atoms with E-state index in [0.717, 1.165) is 10.2 Å². The minimum absolute atomic E-state index is 0.0775. The van der Waals surface area contributed by atoms with Gasteiger partial charge >= 0.3 is 0 Å². The van der Waals surface area contributed by atoms with Crippen molar-refractivity contribution in [2.75, 3.05) is 25.0 Å². The van der Waals surface area contributed by atoms with Crippen molar-refractivity contribution in [1.29, 1.82) is 0 Å². The number of amides is 1. The molecule has 1 aliphatic heterocycles. The number of halogens is 1. The summed E-state index contributed by atoms with van der Waals surface area (Å²) >= 11 is 3.50. The number of rotatable bonds is 3. The highest BCUT2D eigenvalue weighted by Crippen LogP contribution is 2.30. The predicted octanol–water partition coefficient (Wildman–Crippen LogP) is 1.75. The lowest BCUT2D eigenvalue weighted by molar-refractivity contribution is -0.124. The van der Waals surface area contributed by atoms with E-state index >= 15 is 0 Å². The number of benzene rings is 1. The van der Waals surface area contributed by atoms with E-state index in [4.69, 9.17) is 0 Å². The van der Waals surface area contributed by atoms with Gasteiger partial charge in [-0.1, -0.05) is 22.0 Å². The van der Waals surface area contributed by atoms with Crippen LogP contribution in [0.25, 0.3) is 0 Å². The van der Waals surface area contributed by atoms with E-state index < -0.39 is 0 Å². The lowest BCUT2D eigenvalue weighted by Gasteiger charge is -2.48. The molecular weight excluding hydrogens is 306 g/mol. The molecule has 0 saturated carbocycles. The van der Waals surface area contributed by atoms with E-state index in [9.17, 15) is 4.79 Å². The van der Waals surface area contributed by atoms with Crippen LogP contribution in [-0.4, -0.2) is 37.6 Å². The molecule has 2 rings (SSSR count). The van der Waals surface area contributed by atoms with E-state index in [-0.39, 0.29) is 17.5 Å². The Hall–Kier alpha value is -1.07. The normalized spacial score (nSPS) is 22.2. The Morgan fingerprint density at radius 2 is 2.26 bits per heavy atom. The van der Waals surface area contributed by atoms with Crippen molar-refractivity contribution < 1.29 is 4.79 Å². The Kier molecular flexibility index (Phi) is 4.16. The molecule has 0 bridgehead atoms. The van der Waals surface area contributed by atoms with Gasteiger partial charge in [0.25, 0.3) is 0 Å². The maximum absolute atomic E-state index is 12.1. The SMILES string of the molecule is CNCC1C(=O)NCC(C)(C)N1c1cccc(Br)c1. The highest BCUT2D eigenvalue weighted by atomic mass is 79.9. The molecule has 104 valence electrons. The summed E-state index contributed by atoms with van der Waals surface area (Å²) in [5, 5.41) is 6.09. The molecule has 0 aromatic heterocycles. The molecule has 19 heavy (non-hydrogen) atoms. The van der Waals surface area contributed by atoms with E-state index in [2.05, 4.69) is 51.4 Å². The van der Waals surface area contributed by atoms with Gasteiger partial charge < -0.3 is 15.5 Å². The van der Waals surface area contributed by atoms with E-state index in [1.54, 1.807) is 0 Å². The first-order valence-electron chi connectivity index (χ1n) is 6.43. The number of nitrogens with one attached hydrogen (secondary N) is 2. The van der Waals surface area contributed by atoms with Crippen molar-refractivity contribution in [2.24, 2.45) is 0 Å². The van der Waals surface area contributed by atoms with Crippen LogP contribution >= 0.6 is 15.9 Å². The highest BCUT2D eigenvalue weighted by Gasteiger charge is 2.40. The van der Waals surface area contributed by atoms with Crippen molar-refractivity contribution >= 4 is 27.5 Å². The topological polar surface area (TPSA) is 44.4 Å². The average Bonchev–Trinajstić information content (AvgIpc) is 2.34. The summed E-state index contributed by atoms with van der Waals surface area (Å²) in [6.45, 7) is 5.58. The molecule has 1 unspecified atom stereocenters. The average molecular weight is 326 g/mol. The fraction of sp³-hybridized carbons (Fsp3) is 0.500. The molecule has 1 aromatic rings. The molecule has 1 amide bonds. The van der Waals surface area contributed by atoms with Crippen LogP contribution < -0.4 is 15.5 Å². The number of carbonyl (C=O) groups excluding carboxylic acids is 1. The van der Waals surface area contributed by atoms with Crippen LogP contribution in [-0.2, 0) is 4.79 Å². The van der Waals surface area contributed by atoms with Crippen molar-refractivity contribution in [2.45, 2.75) is 25.4 Å². The smallest absolute Gasteiger partial charge is 0.244 e. The van der Waals surface area contributed by atoms with Crippen LogP contribution in [0.1, 0.15) is 13.8 Å². The van der Waals surface area contributed by atoms with Gasteiger partial charge in [0.15, 0.2) is 0 Å². The largest absolute Gasteiger partial charge is 0.352 e. The summed E-state index contributed by atoms with van der Waals surface area (Å²) in [5.41, 5.74) is 0.949. The molecule has 4 nitrogen and oxygen atoms in total. The van der Waals surface area contributed by atoms with Gasteiger partial charge in [-0.05, 0) is 39.1 Å². The standard InChI is InChI=1S/C14H20BrN3O/c1-14(2)9-17-13(19)12(8-16-3)18(14)11-6-4-5-10(15)7-11/h4-7,12,16H,8-9H2,1-3H3,(H,17,19). The molecule has 1 aliphatic rings. The van der Waals surface area contributed by atoms with Crippen molar-refractivity contribution in [1.82, 2.24) is 10.6 Å². The van der Waals surface area contributed by atoms with Gasteiger partial charge in [-0.2, -0.15) is 0 Å². The van der Waals surface area contributed by atoms with Crippen molar-refractivity contribution in [3.63, 3.8) is 0 Å². The summed E-state index contributed by atoms with van der Waals surface area (Å²) < 4.78 is 1.02. The first kappa shape index (κ1) is 14.3. The Bertz CT molecular complexity index is 476. The lowest BCUT2D eigenvalue weighted by Crippen LogP contribution is -2.68. The fourth-order valence-electron chi connectivity index (χ4n) is 2.58. The Balaban J connectivity index is 2.42. The van der Waals surface area contributed by atoms with Gasteiger partial charge in [-0.15, -0.1) is 0 Å². The Morgan fingerprint density at radius 1 is 1.53 bits per heavy atom. The summed E-state index contributed by atoms with van der Waals surface area (Å²) in [5.74, 6) is 0.0775. The molecule has 2 N–H and O–H groups in total. The zero-order chi connectivity index (χ0) is 14.0. The minimum atomic E-state index is -0.192. The van der Waals surface area contributed by atoms with Crippen LogP contribution in [0.4, 0.5) is 5.69 Å². The minimum Gasteiger partial charge on any atom is -0.352 e. The number of piperazine rings is 1. The summed E-state index contributed by atoms with van der Waals surface area (Å²) in [7, 11) is 1.87. The molecule has 1 saturated heterocycles. The van der Waals surface area contributed by atoms with E-state index in [0.29, 0.717) is 13.1 Å². The molecule has 1 aromatic carbocycles. The van der Waals surface area contributed by atoms with Crippen LogP contribution in [0.2, 0.25) is 0 Å². The van der Waals surface area contributed by atoms with Gasteiger partial charge in [-0.25, -0.2) is 0 Å². The second-order valence-corrected chi connectivity index (χ2v) is 6.37. The van der Waals surface area contributed by atoms with E-state index in [1.807, 2.05) is 25.2 Å². The number of hydrogen-bond donors (Lipinski definition) is 2.